The number of hydrogen-bond acceptors (Lipinski definition) is 3. The van der Waals surface area contributed by atoms with Gasteiger partial charge in [0.1, 0.15) is 0 Å². The number of aryl methyl sites for hydroxylation is 1. The molecule has 0 saturated heterocycles. The van der Waals surface area contributed by atoms with E-state index >= 15 is 0 Å². The van der Waals surface area contributed by atoms with Crippen LogP contribution in [0.3, 0.4) is 0 Å². The first-order chi connectivity index (χ1) is 7.50. The minimum absolute atomic E-state index is 0.0398. The number of carboxylic acid groups (broad SMARTS) is 1. The molecule has 1 aromatic heterocycles. The predicted molar refractivity (Wildman–Crippen MR) is 62.7 cm³/mol. The third kappa shape index (κ3) is 3.66. The lowest BCUT2D eigenvalue weighted by Gasteiger charge is -2.09. The van der Waals surface area contributed by atoms with Gasteiger partial charge in [0.2, 0.25) is 5.91 Å². The van der Waals surface area contributed by atoms with Gasteiger partial charge in [-0.05, 0) is 26.0 Å². The molecule has 88 valence electrons. The SMILES string of the molecule is Cc1ccc(C(C)C(=O)NCCC(=O)O)s1. The molecule has 1 rings (SSSR count). The number of carboxylic acids is 1. The second kappa shape index (κ2) is 5.65. The van der Waals surface area contributed by atoms with Gasteiger partial charge in [0.25, 0.3) is 0 Å². The summed E-state index contributed by atoms with van der Waals surface area (Å²) in [5.41, 5.74) is 0. The van der Waals surface area contributed by atoms with Gasteiger partial charge in [0.15, 0.2) is 0 Å². The van der Waals surface area contributed by atoms with Crippen molar-refractivity contribution in [1.82, 2.24) is 5.32 Å². The first-order valence-electron chi connectivity index (χ1n) is 5.06. The molecule has 0 fully saturated rings. The highest BCUT2D eigenvalue weighted by Crippen LogP contribution is 2.24. The molecule has 2 N–H and O–H groups in total. The molecular weight excluding hydrogens is 226 g/mol. The maximum Gasteiger partial charge on any atom is 0.305 e. The third-order valence-corrected chi connectivity index (χ3v) is 3.40. The van der Waals surface area contributed by atoms with Crippen LogP contribution in [0.5, 0.6) is 0 Å². The highest BCUT2D eigenvalue weighted by Gasteiger charge is 2.16. The number of carbonyl (C=O) groups excluding carboxylic acids is 1. The van der Waals surface area contributed by atoms with Crippen molar-refractivity contribution >= 4 is 23.2 Å². The molecule has 1 amide bonds. The van der Waals surface area contributed by atoms with Gasteiger partial charge in [0.05, 0.1) is 12.3 Å². The van der Waals surface area contributed by atoms with Crippen LogP contribution in [0.25, 0.3) is 0 Å². The molecule has 0 saturated carbocycles. The standard InChI is InChI=1S/C11H15NO3S/c1-7-3-4-9(16-7)8(2)11(15)12-6-5-10(13)14/h3-4,8H,5-6H2,1-2H3,(H,12,15)(H,13,14). The Morgan fingerprint density at radius 2 is 2.19 bits per heavy atom. The van der Waals surface area contributed by atoms with Crippen LogP contribution < -0.4 is 5.32 Å². The summed E-state index contributed by atoms with van der Waals surface area (Å²) in [7, 11) is 0. The van der Waals surface area contributed by atoms with Crippen LogP contribution in [0.4, 0.5) is 0 Å². The van der Waals surface area contributed by atoms with E-state index in [0.29, 0.717) is 0 Å². The lowest BCUT2D eigenvalue weighted by molar-refractivity contribution is -0.136. The van der Waals surface area contributed by atoms with E-state index in [2.05, 4.69) is 5.32 Å². The normalized spacial score (nSPS) is 12.1. The Bertz CT molecular complexity index is 386. The number of rotatable bonds is 5. The van der Waals surface area contributed by atoms with Crippen LogP contribution in [0.15, 0.2) is 12.1 Å². The zero-order chi connectivity index (χ0) is 12.1. The van der Waals surface area contributed by atoms with Crippen molar-refractivity contribution in [2.24, 2.45) is 0 Å². The van der Waals surface area contributed by atoms with Gasteiger partial charge in [-0.25, -0.2) is 0 Å². The van der Waals surface area contributed by atoms with Gasteiger partial charge in [0, 0.05) is 16.3 Å². The summed E-state index contributed by atoms with van der Waals surface area (Å²) in [5, 5.41) is 11.0. The van der Waals surface area contributed by atoms with Crippen LogP contribution in [-0.2, 0) is 9.59 Å². The van der Waals surface area contributed by atoms with E-state index in [1.54, 1.807) is 11.3 Å². The molecule has 0 spiro atoms. The smallest absolute Gasteiger partial charge is 0.305 e. The quantitative estimate of drug-likeness (QED) is 0.825. The number of carbonyl (C=O) groups is 2. The van der Waals surface area contributed by atoms with Crippen molar-refractivity contribution in [1.29, 1.82) is 0 Å². The second-order valence-corrected chi connectivity index (χ2v) is 4.92. The molecule has 1 unspecified atom stereocenters. The van der Waals surface area contributed by atoms with Crippen molar-refractivity contribution in [2.45, 2.75) is 26.2 Å². The van der Waals surface area contributed by atoms with Crippen molar-refractivity contribution in [3.8, 4) is 0 Å². The number of amides is 1. The second-order valence-electron chi connectivity index (χ2n) is 3.60. The van der Waals surface area contributed by atoms with E-state index in [1.807, 2.05) is 26.0 Å². The largest absolute Gasteiger partial charge is 0.481 e. The van der Waals surface area contributed by atoms with Crippen LogP contribution in [0.2, 0.25) is 0 Å². The van der Waals surface area contributed by atoms with E-state index in [-0.39, 0.29) is 24.8 Å². The Hall–Kier alpha value is -1.36. The van der Waals surface area contributed by atoms with Gasteiger partial charge < -0.3 is 10.4 Å². The molecule has 0 bridgehead atoms. The molecule has 0 aromatic carbocycles. The number of aliphatic carboxylic acids is 1. The molecular formula is C11H15NO3S. The Morgan fingerprint density at radius 3 is 2.69 bits per heavy atom. The maximum atomic E-state index is 11.6. The van der Waals surface area contributed by atoms with Crippen molar-refractivity contribution in [3.05, 3.63) is 21.9 Å². The van der Waals surface area contributed by atoms with E-state index in [1.165, 1.54) is 4.88 Å². The first kappa shape index (κ1) is 12.7. The van der Waals surface area contributed by atoms with E-state index in [0.717, 1.165) is 4.88 Å². The average Bonchev–Trinajstić information content (AvgIpc) is 2.63. The molecule has 1 aromatic rings. The minimum atomic E-state index is -0.903. The van der Waals surface area contributed by atoms with Gasteiger partial charge in [-0.2, -0.15) is 0 Å². The highest BCUT2D eigenvalue weighted by atomic mass is 32.1. The van der Waals surface area contributed by atoms with Crippen LogP contribution in [0.1, 0.15) is 29.0 Å². The third-order valence-electron chi connectivity index (χ3n) is 2.22. The summed E-state index contributed by atoms with van der Waals surface area (Å²) in [6.07, 6.45) is -0.0398. The molecule has 4 nitrogen and oxygen atoms in total. The Balaban J connectivity index is 2.45. The lowest BCUT2D eigenvalue weighted by Crippen LogP contribution is -2.29. The summed E-state index contributed by atoms with van der Waals surface area (Å²) in [5.74, 6) is -1.24. The van der Waals surface area contributed by atoms with Crippen LogP contribution in [-0.4, -0.2) is 23.5 Å². The zero-order valence-corrected chi connectivity index (χ0v) is 10.1. The molecule has 5 heteroatoms. The Labute approximate surface area is 98.3 Å². The minimum Gasteiger partial charge on any atom is -0.481 e. The number of hydrogen-bond donors (Lipinski definition) is 2. The van der Waals surface area contributed by atoms with Crippen molar-refractivity contribution in [2.75, 3.05) is 6.54 Å². The first-order valence-corrected chi connectivity index (χ1v) is 5.88. The summed E-state index contributed by atoms with van der Waals surface area (Å²) in [6.45, 7) is 3.99. The van der Waals surface area contributed by atoms with Crippen LogP contribution >= 0.6 is 11.3 Å². The summed E-state index contributed by atoms with van der Waals surface area (Å²) >= 11 is 1.59. The Kier molecular flexibility index (Phi) is 4.49. The van der Waals surface area contributed by atoms with Gasteiger partial charge in [-0.3, -0.25) is 9.59 Å². The lowest BCUT2D eigenvalue weighted by atomic mass is 10.1. The van der Waals surface area contributed by atoms with Crippen molar-refractivity contribution < 1.29 is 14.7 Å². The number of nitrogens with one attached hydrogen (secondary N) is 1. The molecule has 0 aliphatic heterocycles. The molecule has 0 radical (unpaired) electrons. The summed E-state index contributed by atoms with van der Waals surface area (Å²) in [4.78, 5) is 24.1. The van der Waals surface area contributed by atoms with Crippen LogP contribution in [0, 0.1) is 6.92 Å². The molecule has 16 heavy (non-hydrogen) atoms. The zero-order valence-electron chi connectivity index (χ0n) is 9.32. The maximum absolute atomic E-state index is 11.6. The highest BCUT2D eigenvalue weighted by molar-refractivity contribution is 7.12. The predicted octanol–water partition coefficient (Wildman–Crippen LogP) is 1.75. The van der Waals surface area contributed by atoms with Crippen molar-refractivity contribution in [3.63, 3.8) is 0 Å². The average molecular weight is 241 g/mol. The fourth-order valence-corrected chi connectivity index (χ4v) is 2.19. The summed E-state index contributed by atoms with van der Waals surface area (Å²) < 4.78 is 0. The fraction of sp³-hybridized carbons (Fsp3) is 0.455. The van der Waals surface area contributed by atoms with E-state index in [9.17, 15) is 9.59 Å². The van der Waals surface area contributed by atoms with Gasteiger partial charge in [-0.15, -0.1) is 11.3 Å². The Morgan fingerprint density at radius 1 is 1.50 bits per heavy atom. The molecule has 1 atom stereocenters. The van der Waals surface area contributed by atoms with Gasteiger partial charge in [-0.1, -0.05) is 0 Å². The monoisotopic (exact) mass is 241 g/mol. The molecule has 0 aliphatic rings. The topological polar surface area (TPSA) is 66.4 Å². The molecule has 0 aliphatic carbocycles. The summed E-state index contributed by atoms with van der Waals surface area (Å²) in [6, 6.07) is 3.91. The molecule has 1 heterocycles. The van der Waals surface area contributed by atoms with E-state index < -0.39 is 5.97 Å². The van der Waals surface area contributed by atoms with E-state index in [4.69, 9.17) is 5.11 Å². The fourth-order valence-electron chi connectivity index (χ4n) is 1.26. The van der Waals surface area contributed by atoms with Gasteiger partial charge >= 0.3 is 5.97 Å². The number of thiophene rings is 1.